The molecule has 168 valence electrons. The Bertz CT molecular complexity index is 1530. The summed E-state index contributed by atoms with van der Waals surface area (Å²) in [5, 5.41) is 4.70. The maximum Gasteiger partial charge on any atom is 0.332 e. The molecule has 0 saturated heterocycles. The summed E-state index contributed by atoms with van der Waals surface area (Å²) in [6.07, 6.45) is 2.12. The molecule has 0 atom stereocenters. The quantitative estimate of drug-likeness (QED) is 0.490. The minimum Gasteiger partial charge on any atom is -0.324 e. The van der Waals surface area contributed by atoms with Crippen LogP contribution in [0.15, 0.2) is 51.6 Å². The number of carbonyl (C=O) groups excluding carboxylic acids is 2. The van der Waals surface area contributed by atoms with Crippen molar-refractivity contribution < 1.29 is 9.59 Å². The van der Waals surface area contributed by atoms with Gasteiger partial charge in [0.25, 0.3) is 11.5 Å². The van der Waals surface area contributed by atoms with Crippen molar-refractivity contribution in [2.75, 3.05) is 16.8 Å². The summed E-state index contributed by atoms with van der Waals surface area (Å²) in [5.41, 5.74) is 1.77. The number of hydrogen-bond donors (Lipinski definition) is 1. The lowest BCUT2D eigenvalue weighted by Gasteiger charge is -2.17. The maximum atomic E-state index is 12.8. The van der Waals surface area contributed by atoms with Crippen molar-refractivity contribution >= 4 is 45.7 Å². The summed E-state index contributed by atoms with van der Waals surface area (Å²) in [6.45, 7) is 0.436. The average Bonchev–Trinajstić information content (AvgIpc) is 3.55. The monoisotopic (exact) mass is 464 g/mol. The van der Waals surface area contributed by atoms with Crippen LogP contribution in [0.5, 0.6) is 0 Å². The largest absolute Gasteiger partial charge is 0.332 e. The summed E-state index contributed by atoms with van der Waals surface area (Å²) in [7, 11) is 2.91. The molecule has 3 aromatic heterocycles. The Kier molecular flexibility index (Phi) is 4.97. The second-order valence-electron chi connectivity index (χ2n) is 7.83. The van der Waals surface area contributed by atoms with Gasteiger partial charge in [-0.25, -0.2) is 9.78 Å². The van der Waals surface area contributed by atoms with Gasteiger partial charge in [0.15, 0.2) is 11.2 Å². The number of nitrogens with one attached hydrogen (secondary N) is 1. The Morgan fingerprint density at radius 1 is 1.15 bits per heavy atom. The van der Waals surface area contributed by atoms with E-state index in [1.807, 2.05) is 17.5 Å². The first-order valence-corrected chi connectivity index (χ1v) is 11.1. The minimum absolute atomic E-state index is 0.0569. The first kappa shape index (κ1) is 20.9. The summed E-state index contributed by atoms with van der Waals surface area (Å²) >= 11 is 1.40. The Balaban J connectivity index is 1.39. The van der Waals surface area contributed by atoms with Gasteiger partial charge >= 0.3 is 5.69 Å². The van der Waals surface area contributed by atoms with Crippen molar-refractivity contribution in [2.45, 2.75) is 13.0 Å². The van der Waals surface area contributed by atoms with Gasteiger partial charge in [0.1, 0.15) is 6.54 Å². The maximum absolute atomic E-state index is 12.8. The number of carbonyl (C=O) groups is 2. The summed E-state index contributed by atoms with van der Waals surface area (Å²) in [6, 6.07) is 9.14. The molecule has 0 radical (unpaired) electrons. The molecule has 1 N–H and O–H groups in total. The molecule has 0 spiro atoms. The van der Waals surface area contributed by atoms with E-state index in [0.717, 1.165) is 22.2 Å². The van der Waals surface area contributed by atoms with Crippen molar-refractivity contribution in [1.29, 1.82) is 0 Å². The molecule has 4 aromatic rings. The van der Waals surface area contributed by atoms with Gasteiger partial charge in [-0.05, 0) is 35.6 Å². The molecule has 1 aliphatic heterocycles. The predicted octanol–water partition coefficient (Wildman–Crippen LogP) is 1.34. The number of benzene rings is 1. The van der Waals surface area contributed by atoms with E-state index in [4.69, 9.17) is 0 Å². The SMILES string of the molecule is Cn1c(=O)c2c(ncn2CC(=O)Nc2ccc3c(c2)N(C(=O)c2cccs2)CC3)n(C)c1=O. The number of anilines is 2. The van der Waals surface area contributed by atoms with Gasteiger partial charge in [0.05, 0.1) is 11.2 Å². The number of aromatic nitrogens is 4. The average molecular weight is 465 g/mol. The molecule has 1 aromatic carbocycles. The van der Waals surface area contributed by atoms with E-state index in [9.17, 15) is 19.2 Å². The number of rotatable bonds is 4. The zero-order chi connectivity index (χ0) is 23.3. The van der Waals surface area contributed by atoms with Crippen LogP contribution in [0.25, 0.3) is 11.2 Å². The molecule has 0 fully saturated rings. The van der Waals surface area contributed by atoms with Crippen LogP contribution in [-0.4, -0.2) is 37.0 Å². The van der Waals surface area contributed by atoms with Crippen molar-refractivity contribution in [3.63, 3.8) is 0 Å². The van der Waals surface area contributed by atoms with Gasteiger partial charge in [0.2, 0.25) is 5.91 Å². The fourth-order valence-corrected chi connectivity index (χ4v) is 4.75. The van der Waals surface area contributed by atoms with Crippen LogP contribution in [0, 0.1) is 0 Å². The molecule has 0 bridgehead atoms. The van der Waals surface area contributed by atoms with Crippen molar-refractivity contribution in [3.8, 4) is 0 Å². The van der Waals surface area contributed by atoms with Gasteiger partial charge in [0, 0.05) is 32.0 Å². The Morgan fingerprint density at radius 2 is 1.97 bits per heavy atom. The molecule has 4 heterocycles. The molecular formula is C22H20N6O4S. The number of nitrogens with zero attached hydrogens (tertiary/aromatic N) is 5. The molecule has 5 rings (SSSR count). The van der Waals surface area contributed by atoms with E-state index in [2.05, 4.69) is 10.3 Å². The van der Waals surface area contributed by atoms with E-state index in [1.165, 1.54) is 40.9 Å². The van der Waals surface area contributed by atoms with Crippen molar-refractivity contribution in [3.05, 3.63) is 73.3 Å². The van der Waals surface area contributed by atoms with E-state index >= 15 is 0 Å². The molecule has 10 nitrogen and oxygen atoms in total. The van der Waals surface area contributed by atoms with Crippen LogP contribution in [-0.2, 0) is 31.9 Å². The first-order chi connectivity index (χ1) is 15.8. The summed E-state index contributed by atoms with van der Waals surface area (Å²) in [4.78, 5) is 56.8. The third-order valence-corrected chi connectivity index (χ3v) is 6.63. The highest BCUT2D eigenvalue weighted by Crippen LogP contribution is 2.32. The number of aryl methyl sites for hydroxylation is 1. The van der Waals surface area contributed by atoms with Gasteiger partial charge in [-0.2, -0.15) is 0 Å². The molecular weight excluding hydrogens is 444 g/mol. The number of thiophene rings is 1. The van der Waals surface area contributed by atoms with E-state index in [1.54, 1.807) is 23.1 Å². The molecule has 11 heteroatoms. The lowest BCUT2D eigenvalue weighted by atomic mass is 10.1. The summed E-state index contributed by atoms with van der Waals surface area (Å²) in [5.74, 6) is -0.419. The van der Waals surface area contributed by atoms with Crippen LogP contribution in [0.2, 0.25) is 0 Å². The topological polar surface area (TPSA) is 111 Å². The Hall–Kier alpha value is -3.99. The lowest BCUT2D eigenvalue weighted by molar-refractivity contribution is -0.116. The van der Waals surface area contributed by atoms with Gasteiger partial charge in [-0.3, -0.25) is 23.5 Å². The summed E-state index contributed by atoms with van der Waals surface area (Å²) < 4.78 is 3.68. The Labute approximate surface area is 191 Å². The van der Waals surface area contributed by atoms with E-state index in [0.29, 0.717) is 17.1 Å². The van der Waals surface area contributed by atoms with Crippen molar-refractivity contribution in [2.24, 2.45) is 14.1 Å². The zero-order valence-electron chi connectivity index (χ0n) is 17.9. The molecule has 1 aliphatic rings. The number of hydrogen-bond acceptors (Lipinski definition) is 6. The van der Waals surface area contributed by atoms with Crippen molar-refractivity contribution in [1.82, 2.24) is 18.7 Å². The van der Waals surface area contributed by atoms with Crippen LogP contribution in [0.4, 0.5) is 11.4 Å². The second-order valence-corrected chi connectivity index (χ2v) is 8.77. The smallest absolute Gasteiger partial charge is 0.324 e. The van der Waals surface area contributed by atoms with Gasteiger partial charge < -0.3 is 14.8 Å². The lowest BCUT2D eigenvalue weighted by Crippen LogP contribution is -2.37. The van der Waals surface area contributed by atoms with E-state index in [-0.39, 0.29) is 29.5 Å². The van der Waals surface area contributed by atoms with Crippen LogP contribution in [0.3, 0.4) is 0 Å². The fourth-order valence-electron chi connectivity index (χ4n) is 4.07. The van der Waals surface area contributed by atoms with Gasteiger partial charge in [-0.15, -0.1) is 11.3 Å². The van der Waals surface area contributed by atoms with Gasteiger partial charge in [-0.1, -0.05) is 12.1 Å². The molecule has 0 unspecified atom stereocenters. The normalized spacial score (nSPS) is 12.8. The molecule has 0 saturated carbocycles. The highest BCUT2D eigenvalue weighted by molar-refractivity contribution is 7.12. The highest BCUT2D eigenvalue weighted by Gasteiger charge is 2.26. The number of amides is 2. The van der Waals surface area contributed by atoms with Crippen LogP contribution < -0.4 is 21.5 Å². The molecule has 33 heavy (non-hydrogen) atoms. The molecule has 0 aliphatic carbocycles. The van der Waals surface area contributed by atoms with Crippen LogP contribution in [0.1, 0.15) is 15.2 Å². The zero-order valence-corrected chi connectivity index (χ0v) is 18.8. The highest BCUT2D eigenvalue weighted by atomic mass is 32.1. The second kappa shape index (κ2) is 7.85. The number of fused-ring (bicyclic) bond motifs is 2. The Morgan fingerprint density at radius 3 is 2.73 bits per heavy atom. The van der Waals surface area contributed by atoms with Crippen LogP contribution >= 0.6 is 11.3 Å². The fraction of sp³-hybridized carbons (Fsp3) is 0.227. The third-order valence-electron chi connectivity index (χ3n) is 5.77. The van der Waals surface area contributed by atoms with E-state index < -0.39 is 11.2 Å². The molecule has 2 amide bonds. The number of imidazole rings is 1. The predicted molar refractivity (Wildman–Crippen MR) is 125 cm³/mol. The minimum atomic E-state index is -0.515. The third kappa shape index (κ3) is 3.46. The first-order valence-electron chi connectivity index (χ1n) is 10.2. The standard InChI is InChI=1S/C22H20N6O4S/c1-25-19-18(21(31)26(2)22(25)32)27(12-23-19)11-17(29)24-14-6-5-13-7-8-28(15(13)10-14)20(30)16-4-3-9-33-16/h3-6,9-10,12H,7-8,11H2,1-2H3,(H,24,29).